The predicted octanol–water partition coefficient (Wildman–Crippen LogP) is -1.63. The molecule has 0 saturated heterocycles. The first-order valence-corrected chi connectivity index (χ1v) is 6.29. The van der Waals surface area contributed by atoms with Crippen molar-refractivity contribution in [3.63, 3.8) is 0 Å². The zero-order valence-corrected chi connectivity index (χ0v) is 11.8. The zero-order valence-electron chi connectivity index (χ0n) is 11.8. The Bertz CT molecular complexity index is 593. The third kappa shape index (κ3) is 3.72. The maximum absolute atomic E-state index is 11.9. The molecule has 0 bridgehead atoms. The molecular weight excluding hydrogens is 278 g/mol. The third-order valence-corrected chi connectivity index (χ3v) is 2.80. The van der Waals surface area contributed by atoms with Crippen LogP contribution >= 0.6 is 0 Å². The summed E-state index contributed by atoms with van der Waals surface area (Å²) in [7, 11) is 1.62. The number of hydrogen-bond donors (Lipinski definition) is 2. The van der Waals surface area contributed by atoms with Gasteiger partial charge in [-0.05, 0) is 17.4 Å². The van der Waals surface area contributed by atoms with E-state index in [0.29, 0.717) is 19.0 Å². The van der Waals surface area contributed by atoms with Crippen LogP contribution in [0.5, 0.6) is 0 Å². The van der Waals surface area contributed by atoms with Crippen LogP contribution in [-0.2, 0) is 22.6 Å². The first-order chi connectivity index (χ1) is 10.1. The number of amides is 1. The molecule has 11 nitrogen and oxygen atoms in total. The molecule has 0 aliphatic heterocycles. The molecular formula is C10H17N9O2. The standard InChI is InChI=1S/C10H17N9O2/c1-7(9-14-12-6-18(9)3-4-21-2)13-8(20)5-19-10(11)15-16-17-19/h6-7H,3-5H2,1-2H3,(H,13,20)(H2,11,15,17). The molecule has 2 aromatic rings. The van der Waals surface area contributed by atoms with E-state index >= 15 is 0 Å². The van der Waals surface area contributed by atoms with Crippen molar-refractivity contribution >= 4 is 11.9 Å². The predicted molar refractivity (Wildman–Crippen MR) is 70.7 cm³/mol. The summed E-state index contributed by atoms with van der Waals surface area (Å²) in [4.78, 5) is 11.9. The Morgan fingerprint density at radius 1 is 1.52 bits per heavy atom. The normalized spacial score (nSPS) is 12.3. The van der Waals surface area contributed by atoms with Gasteiger partial charge in [-0.15, -0.1) is 10.2 Å². The van der Waals surface area contributed by atoms with E-state index in [1.807, 2.05) is 11.5 Å². The summed E-state index contributed by atoms with van der Waals surface area (Å²) in [5.41, 5.74) is 5.50. The van der Waals surface area contributed by atoms with Crippen molar-refractivity contribution in [3.05, 3.63) is 12.2 Å². The Morgan fingerprint density at radius 3 is 3.00 bits per heavy atom. The lowest BCUT2D eigenvalue weighted by atomic mass is 10.3. The topological polar surface area (TPSA) is 139 Å². The zero-order chi connectivity index (χ0) is 15.2. The summed E-state index contributed by atoms with van der Waals surface area (Å²) in [6, 6.07) is -0.311. The molecule has 1 amide bonds. The molecule has 114 valence electrons. The molecule has 0 aliphatic rings. The Balaban J connectivity index is 1.94. The Morgan fingerprint density at radius 2 is 2.33 bits per heavy atom. The summed E-state index contributed by atoms with van der Waals surface area (Å²) in [5, 5.41) is 21.1. The molecule has 2 heterocycles. The van der Waals surface area contributed by atoms with Crippen molar-refractivity contribution in [2.45, 2.75) is 26.1 Å². The number of nitrogens with zero attached hydrogens (tertiary/aromatic N) is 7. The number of aromatic nitrogens is 7. The lowest BCUT2D eigenvalue weighted by Gasteiger charge is -2.14. The minimum absolute atomic E-state index is 0.0601. The summed E-state index contributed by atoms with van der Waals surface area (Å²) in [6.45, 7) is 2.90. The van der Waals surface area contributed by atoms with Crippen LogP contribution in [0.2, 0.25) is 0 Å². The molecule has 0 radical (unpaired) electrons. The minimum atomic E-state index is -0.311. The monoisotopic (exact) mass is 295 g/mol. The minimum Gasteiger partial charge on any atom is -0.383 e. The van der Waals surface area contributed by atoms with Gasteiger partial charge in [0, 0.05) is 13.7 Å². The van der Waals surface area contributed by atoms with Gasteiger partial charge in [0.05, 0.1) is 12.6 Å². The van der Waals surface area contributed by atoms with Gasteiger partial charge in [0.15, 0.2) is 5.82 Å². The molecule has 0 saturated carbocycles. The highest BCUT2D eigenvalue weighted by atomic mass is 16.5. The van der Waals surface area contributed by atoms with Crippen LogP contribution in [0.4, 0.5) is 5.95 Å². The van der Waals surface area contributed by atoms with Gasteiger partial charge >= 0.3 is 0 Å². The fourth-order valence-electron chi connectivity index (χ4n) is 1.77. The van der Waals surface area contributed by atoms with Gasteiger partial charge in [0.25, 0.3) is 0 Å². The SMILES string of the molecule is COCCn1cnnc1C(C)NC(=O)Cn1nnnc1N. The highest BCUT2D eigenvalue weighted by Crippen LogP contribution is 2.08. The largest absolute Gasteiger partial charge is 0.383 e. The number of anilines is 1. The van der Waals surface area contributed by atoms with Crippen LogP contribution in [0.25, 0.3) is 0 Å². The average molecular weight is 295 g/mol. The molecule has 2 aromatic heterocycles. The lowest BCUT2D eigenvalue weighted by molar-refractivity contribution is -0.122. The van der Waals surface area contributed by atoms with Gasteiger partial charge in [0.2, 0.25) is 11.9 Å². The van der Waals surface area contributed by atoms with Crippen LogP contribution in [0.1, 0.15) is 18.8 Å². The van der Waals surface area contributed by atoms with Crippen LogP contribution < -0.4 is 11.1 Å². The van der Waals surface area contributed by atoms with E-state index in [0.717, 1.165) is 0 Å². The number of carbonyl (C=O) groups excluding carboxylic acids is 1. The molecule has 2 rings (SSSR count). The Labute approximate surface area is 120 Å². The number of rotatable bonds is 7. The Hall–Kier alpha value is -2.56. The molecule has 0 aromatic carbocycles. The second-order valence-corrected chi connectivity index (χ2v) is 4.36. The van der Waals surface area contributed by atoms with Crippen LogP contribution in [-0.4, -0.2) is 54.6 Å². The summed E-state index contributed by atoms with van der Waals surface area (Å²) >= 11 is 0. The van der Waals surface area contributed by atoms with Crippen molar-refractivity contribution in [1.82, 2.24) is 40.3 Å². The number of carbonyl (C=O) groups is 1. The molecule has 1 atom stereocenters. The molecule has 3 N–H and O–H groups in total. The van der Waals surface area contributed by atoms with Crippen molar-refractivity contribution in [3.8, 4) is 0 Å². The highest BCUT2D eigenvalue weighted by molar-refractivity contribution is 5.76. The van der Waals surface area contributed by atoms with Crippen LogP contribution in [0.15, 0.2) is 6.33 Å². The van der Waals surface area contributed by atoms with E-state index < -0.39 is 0 Å². The molecule has 1 unspecified atom stereocenters. The van der Waals surface area contributed by atoms with Crippen molar-refractivity contribution < 1.29 is 9.53 Å². The second kappa shape index (κ2) is 6.74. The number of hydrogen-bond acceptors (Lipinski definition) is 8. The smallest absolute Gasteiger partial charge is 0.242 e. The van der Waals surface area contributed by atoms with E-state index in [4.69, 9.17) is 10.5 Å². The average Bonchev–Trinajstić information content (AvgIpc) is 3.06. The highest BCUT2D eigenvalue weighted by Gasteiger charge is 2.16. The molecule has 0 spiro atoms. The number of ether oxygens (including phenoxy) is 1. The fourth-order valence-corrected chi connectivity index (χ4v) is 1.77. The number of tetrazole rings is 1. The van der Waals surface area contributed by atoms with E-state index in [9.17, 15) is 4.79 Å². The first-order valence-electron chi connectivity index (χ1n) is 6.29. The van der Waals surface area contributed by atoms with Crippen molar-refractivity contribution in [2.75, 3.05) is 19.5 Å². The van der Waals surface area contributed by atoms with Gasteiger partial charge in [0.1, 0.15) is 12.9 Å². The van der Waals surface area contributed by atoms with E-state index in [2.05, 4.69) is 31.0 Å². The summed E-state index contributed by atoms with van der Waals surface area (Å²) in [6.07, 6.45) is 1.59. The van der Waals surface area contributed by atoms with Crippen LogP contribution in [0.3, 0.4) is 0 Å². The van der Waals surface area contributed by atoms with Gasteiger partial charge in [-0.2, -0.15) is 0 Å². The van der Waals surface area contributed by atoms with Gasteiger partial charge in [-0.25, -0.2) is 4.68 Å². The van der Waals surface area contributed by atoms with Gasteiger partial charge < -0.3 is 20.4 Å². The number of methoxy groups -OCH3 is 1. The fraction of sp³-hybridized carbons (Fsp3) is 0.600. The molecule has 0 aliphatic carbocycles. The van der Waals surface area contributed by atoms with E-state index in [-0.39, 0.29) is 24.4 Å². The van der Waals surface area contributed by atoms with Gasteiger partial charge in [-0.3, -0.25) is 4.79 Å². The lowest BCUT2D eigenvalue weighted by Crippen LogP contribution is -2.32. The molecule has 0 fully saturated rings. The first kappa shape index (κ1) is 14.8. The van der Waals surface area contributed by atoms with E-state index in [1.54, 1.807) is 13.4 Å². The quantitative estimate of drug-likeness (QED) is 0.620. The van der Waals surface area contributed by atoms with Crippen molar-refractivity contribution in [1.29, 1.82) is 0 Å². The third-order valence-electron chi connectivity index (χ3n) is 2.80. The van der Waals surface area contributed by atoms with Crippen molar-refractivity contribution in [2.24, 2.45) is 0 Å². The van der Waals surface area contributed by atoms with Crippen LogP contribution in [0, 0.1) is 0 Å². The Kier molecular flexibility index (Phi) is 4.77. The maximum atomic E-state index is 11.9. The summed E-state index contributed by atoms with van der Waals surface area (Å²) < 4.78 is 8.04. The number of nitrogens with two attached hydrogens (primary N) is 1. The maximum Gasteiger partial charge on any atom is 0.242 e. The molecule has 11 heteroatoms. The number of nitrogens with one attached hydrogen (secondary N) is 1. The number of nitrogen functional groups attached to an aromatic ring is 1. The molecule has 21 heavy (non-hydrogen) atoms. The second-order valence-electron chi connectivity index (χ2n) is 4.36. The van der Waals surface area contributed by atoms with Gasteiger partial charge in [-0.1, -0.05) is 5.10 Å². The summed E-state index contributed by atoms with van der Waals surface area (Å²) in [5.74, 6) is 0.453. The van der Waals surface area contributed by atoms with E-state index in [1.165, 1.54) is 4.68 Å².